The highest BCUT2D eigenvalue weighted by Gasteiger charge is 2.65. The number of carbonyl (C=O) groups excluding carboxylic acids is 1. The van der Waals surface area contributed by atoms with E-state index in [-0.39, 0.29) is 35.9 Å². The summed E-state index contributed by atoms with van der Waals surface area (Å²) in [6.07, 6.45) is 10.7. The lowest BCUT2D eigenvalue weighted by molar-refractivity contribution is -0.149. The maximum Gasteiger partial charge on any atom is 0.308 e. The molecule has 4 aliphatic rings. The molecule has 166 valence electrons. The molecule has 0 aromatic carbocycles. The van der Waals surface area contributed by atoms with Crippen LogP contribution in [0, 0.1) is 17.3 Å². The van der Waals surface area contributed by atoms with Gasteiger partial charge in [-0.1, -0.05) is 12.8 Å². The lowest BCUT2D eigenvalue weighted by atomic mass is 9.54. The summed E-state index contributed by atoms with van der Waals surface area (Å²) >= 11 is 0. The summed E-state index contributed by atoms with van der Waals surface area (Å²) < 4.78 is 11.3. The molecule has 0 aromatic rings. The first kappa shape index (κ1) is 23.1. The Labute approximate surface area is 192 Å². The van der Waals surface area contributed by atoms with Crippen molar-refractivity contribution in [2.45, 2.75) is 89.8 Å². The van der Waals surface area contributed by atoms with Gasteiger partial charge in [0.25, 0.3) is 0 Å². The number of rotatable bonds is 5. The number of nitrogens with one attached hydrogen (secondary N) is 2. The van der Waals surface area contributed by atoms with Gasteiger partial charge in [-0.3, -0.25) is 9.79 Å². The van der Waals surface area contributed by atoms with Gasteiger partial charge in [0.15, 0.2) is 5.96 Å². The van der Waals surface area contributed by atoms with Gasteiger partial charge in [-0.05, 0) is 58.8 Å². The Kier molecular flexibility index (Phi) is 8.09. The number of halogens is 1. The highest BCUT2D eigenvalue weighted by molar-refractivity contribution is 14.0. The van der Waals surface area contributed by atoms with Crippen LogP contribution < -0.4 is 10.6 Å². The van der Waals surface area contributed by atoms with Crippen LogP contribution in [0.15, 0.2) is 4.99 Å². The van der Waals surface area contributed by atoms with Gasteiger partial charge in [0.1, 0.15) is 0 Å². The third-order valence-electron chi connectivity index (χ3n) is 7.58. The third-order valence-corrected chi connectivity index (χ3v) is 7.58. The van der Waals surface area contributed by atoms with Crippen LogP contribution in [-0.4, -0.2) is 49.9 Å². The molecule has 0 amide bonds. The molecule has 1 aliphatic heterocycles. The Morgan fingerprint density at radius 2 is 1.83 bits per heavy atom. The van der Waals surface area contributed by atoms with E-state index < -0.39 is 0 Å². The molecule has 4 rings (SSSR count). The number of fused-ring (bicyclic) bond motifs is 2. The second-order valence-electron chi connectivity index (χ2n) is 9.07. The van der Waals surface area contributed by atoms with Crippen LogP contribution in [0.5, 0.6) is 0 Å². The van der Waals surface area contributed by atoms with Gasteiger partial charge in [0.05, 0.1) is 18.6 Å². The molecule has 3 aliphatic carbocycles. The molecule has 1 heterocycles. The lowest BCUT2D eigenvalue weighted by Gasteiger charge is -2.57. The number of esters is 1. The van der Waals surface area contributed by atoms with Crippen molar-refractivity contribution in [3.8, 4) is 0 Å². The minimum Gasteiger partial charge on any atom is -0.466 e. The van der Waals surface area contributed by atoms with E-state index >= 15 is 0 Å². The van der Waals surface area contributed by atoms with Crippen molar-refractivity contribution >= 4 is 35.9 Å². The van der Waals surface area contributed by atoms with Gasteiger partial charge in [0, 0.05) is 36.6 Å². The van der Waals surface area contributed by atoms with Gasteiger partial charge in [0.2, 0.25) is 0 Å². The van der Waals surface area contributed by atoms with Gasteiger partial charge in [-0.25, -0.2) is 0 Å². The first-order chi connectivity index (χ1) is 13.7. The lowest BCUT2D eigenvalue weighted by Crippen LogP contribution is -2.69. The van der Waals surface area contributed by atoms with E-state index in [1.165, 1.54) is 32.1 Å². The summed E-state index contributed by atoms with van der Waals surface area (Å²) in [5.74, 6) is 1.65. The minimum absolute atomic E-state index is 0. The van der Waals surface area contributed by atoms with Crippen LogP contribution in [0.4, 0.5) is 0 Å². The quantitative estimate of drug-likeness (QED) is 0.251. The molecule has 1 spiro atoms. The molecule has 3 unspecified atom stereocenters. The Morgan fingerprint density at radius 3 is 2.48 bits per heavy atom. The summed E-state index contributed by atoms with van der Waals surface area (Å²) in [5.41, 5.74) is 0.332. The average Bonchev–Trinajstić information content (AvgIpc) is 3.36. The molecule has 1 saturated heterocycles. The molecular formula is C22H38IN3O3. The van der Waals surface area contributed by atoms with Gasteiger partial charge >= 0.3 is 5.97 Å². The number of carbonyl (C=O) groups is 1. The van der Waals surface area contributed by atoms with Crippen LogP contribution >= 0.6 is 24.0 Å². The number of hydrogen-bond donors (Lipinski definition) is 2. The van der Waals surface area contributed by atoms with Crippen molar-refractivity contribution in [1.82, 2.24) is 10.6 Å². The highest BCUT2D eigenvalue weighted by Crippen LogP contribution is 2.60. The monoisotopic (exact) mass is 519 g/mol. The van der Waals surface area contributed by atoms with Crippen molar-refractivity contribution in [3.05, 3.63) is 0 Å². The zero-order chi connectivity index (χ0) is 19.6. The molecule has 4 fully saturated rings. The zero-order valence-corrected chi connectivity index (χ0v) is 20.3. The van der Waals surface area contributed by atoms with Crippen LogP contribution in [0.1, 0.15) is 71.6 Å². The number of ether oxygens (including phenoxy) is 2. The second kappa shape index (κ2) is 10.2. The number of nitrogens with zero attached hydrogens (tertiary/aromatic N) is 1. The standard InChI is InChI=1S/C22H37N3O3.HI/c1-3-23-21(24-16-9-7-15(8-10-16)20(26)27-4-2)25-18-17-11-14-28-19(17)22(18)12-5-6-13-22;/h15-19H,3-14H2,1-2H3,(H2,23,24,25);1H. The van der Waals surface area contributed by atoms with Crippen molar-refractivity contribution in [2.24, 2.45) is 22.2 Å². The minimum atomic E-state index is -0.0218. The number of aliphatic imine (C=N–C) groups is 1. The number of guanidine groups is 1. The largest absolute Gasteiger partial charge is 0.466 e. The topological polar surface area (TPSA) is 72.0 Å². The normalized spacial score (nSPS) is 35.4. The van der Waals surface area contributed by atoms with Gasteiger partial charge in [-0.15, -0.1) is 24.0 Å². The van der Waals surface area contributed by atoms with E-state index in [0.717, 1.165) is 44.8 Å². The van der Waals surface area contributed by atoms with E-state index in [0.29, 0.717) is 36.1 Å². The molecular weight excluding hydrogens is 481 g/mol. The van der Waals surface area contributed by atoms with Crippen molar-refractivity contribution < 1.29 is 14.3 Å². The molecule has 7 heteroatoms. The summed E-state index contributed by atoms with van der Waals surface area (Å²) in [6.45, 7) is 6.14. The molecule has 29 heavy (non-hydrogen) atoms. The van der Waals surface area contributed by atoms with Crippen LogP contribution in [0.3, 0.4) is 0 Å². The highest BCUT2D eigenvalue weighted by atomic mass is 127. The van der Waals surface area contributed by atoms with Crippen molar-refractivity contribution in [1.29, 1.82) is 0 Å². The first-order valence-electron chi connectivity index (χ1n) is 11.5. The van der Waals surface area contributed by atoms with Gasteiger partial charge < -0.3 is 20.1 Å². The average molecular weight is 519 g/mol. The fourth-order valence-electron chi connectivity index (χ4n) is 6.27. The zero-order valence-electron chi connectivity index (χ0n) is 18.0. The smallest absolute Gasteiger partial charge is 0.308 e. The fraction of sp³-hybridized carbons (Fsp3) is 0.909. The summed E-state index contributed by atoms with van der Waals surface area (Å²) in [5, 5.41) is 7.51. The van der Waals surface area contributed by atoms with Gasteiger partial charge in [-0.2, -0.15) is 0 Å². The first-order valence-corrected chi connectivity index (χ1v) is 11.5. The maximum absolute atomic E-state index is 12.0. The molecule has 3 atom stereocenters. The van der Waals surface area contributed by atoms with Crippen molar-refractivity contribution in [3.63, 3.8) is 0 Å². The predicted octanol–water partition coefficient (Wildman–Crippen LogP) is 3.63. The second-order valence-corrected chi connectivity index (χ2v) is 9.07. The molecule has 6 nitrogen and oxygen atoms in total. The van der Waals surface area contributed by atoms with E-state index in [1.807, 2.05) is 6.92 Å². The van der Waals surface area contributed by atoms with E-state index in [2.05, 4.69) is 17.6 Å². The van der Waals surface area contributed by atoms with Crippen molar-refractivity contribution in [2.75, 3.05) is 19.8 Å². The summed E-state index contributed by atoms with van der Waals surface area (Å²) in [7, 11) is 0. The van der Waals surface area contributed by atoms with E-state index in [1.54, 1.807) is 0 Å². The maximum atomic E-state index is 12.0. The molecule has 2 N–H and O–H groups in total. The number of hydrogen-bond acceptors (Lipinski definition) is 4. The SMILES string of the molecule is CCN=C(NC1CCC(C(=O)OCC)CC1)NC1C2CCOC2C12CCCC2.I. The molecule has 0 aromatic heterocycles. The molecule has 3 saturated carbocycles. The third kappa shape index (κ3) is 4.55. The van der Waals surface area contributed by atoms with Crippen LogP contribution in [-0.2, 0) is 14.3 Å². The van der Waals surface area contributed by atoms with E-state index in [4.69, 9.17) is 14.5 Å². The summed E-state index contributed by atoms with van der Waals surface area (Å²) in [6, 6.07) is 0.884. The Hall–Kier alpha value is -0.570. The Bertz CT molecular complexity index is 586. The molecule has 0 bridgehead atoms. The summed E-state index contributed by atoms with van der Waals surface area (Å²) in [4.78, 5) is 16.7. The Balaban J connectivity index is 0.00000240. The van der Waals surface area contributed by atoms with Crippen LogP contribution in [0.2, 0.25) is 0 Å². The predicted molar refractivity (Wildman–Crippen MR) is 125 cm³/mol. The van der Waals surface area contributed by atoms with E-state index in [9.17, 15) is 4.79 Å². The molecule has 0 radical (unpaired) electrons. The van der Waals surface area contributed by atoms with Crippen LogP contribution in [0.25, 0.3) is 0 Å². The Morgan fingerprint density at radius 1 is 1.10 bits per heavy atom. The fourth-order valence-corrected chi connectivity index (χ4v) is 6.27.